The van der Waals surface area contributed by atoms with Gasteiger partial charge >= 0.3 is 0 Å². The van der Waals surface area contributed by atoms with Crippen molar-refractivity contribution in [2.24, 2.45) is 0 Å². The lowest BCUT2D eigenvalue weighted by Gasteiger charge is -2.23. The second kappa shape index (κ2) is 7.76. The van der Waals surface area contributed by atoms with Crippen molar-refractivity contribution in [3.8, 4) is 5.75 Å². The second-order valence-corrected chi connectivity index (χ2v) is 6.69. The van der Waals surface area contributed by atoms with Gasteiger partial charge in [0, 0.05) is 19.8 Å². The molecule has 5 nitrogen and oxygen atoms in total. The summed E-state index contributed by atoms with van der Waals surface area (Å²) in [5, 5.41) is 14.1. The number of aromatic hydroxyl groups is 1. The first-order valence-electron chi connectivity index (χ1n) is 7.93. The molecule has 0 amide bonds. The summed E-state index contributed by atoms with van der Waals surface area (Å²) < 4.78 is 26.8. The average molecular weight is 434 g/mol. The van der Waals surface area contributed by atoms with Crippen molar-refractivity contribution in [3.05, 3.63) is 21.7 Å². The van der Waals surface area contributed by atoms with Crippen LogP contribution in [0.1, 0.15) is 38.3 Å². The average Bonchev–Trinajstić information content (AvgIpc) is 3.24. The third kappa shape index (κ3) is 3.77. The van der Waals surface area contributed by atoms with E-state index >= 15 is 0 Å². The van der Waals surface area contributed by atoms with Crippen molar-refractivity contribution in [1.82, 2.24) is 9.78 Å². The summed E-state index contributed by atoms with van der Waals surface area (Å²) in [6, 6.07) is 3.04. The summed E-state index contributed by atoms with van der Waals surface area (Å²) >= 11 is 1.98. The van der Waals surface area contributed by atoms with Gasteiger partial charge < -0.3 is 14.6 Å². The Balaban J connectivity index is 0.000000267. The van der Waals surface area contributed by atoms with Crippen LogP contribution in [0, 0.1) is 9.52 Å². The number of fused-ring (bicyclic) bond motifs is 1. The van der Waals surface area contributed by atoms with Gasteiger partial charge in [0.1, 0.15) is 3.70 Å². The number of benzene rings is 1. The summed E-state index contributed by atoms with van der Waals surface area (Å²) in [5.74, 6) is -0.955. The van der Waals surface area contributed by atoms with Gasteiger partial charge in [-0.25, -0.2) is 9.07 Å². The van der Waals surface area contributed by atoms with Gasteiger partial charge in [-0.05, 0) is 66.8 Å². The topological polar surface area (TPSA) is 56.5 Å². The fourth-order valence-corrected chi connectivity index (χ4v) is 3.53. The molecule has 2 aliphatic heterocycles. The first-order valence-corrected chi connectivity index (χ1v) is 9.01. The Bertz CT molecular complexity index is 659. The van der Waals surface area contributed by atoms with Crippen molar-refractivity contribution < 1.29 is 19.0 Å². The van der Waals surface area contributed by atoms with Gasteiger partial charge in [0.15, 0.2) is 17.8 Å². The summed E-state index contributed by atoms with van der Waals surface area (Å²) in [5.41, 5.74) is 0.668. The molecule has 0 spiro atoms. The number of nitrogens with zero attached hydrogens (tertiary/aromatic N) is 2. The molecule has 0 bridgehead atoms. The minimum atomic E-state index is -0.612. The molecule has 3 heterocycles. The van der Waals surface area contributed by atoms with Crippen molar-refractivity contribution >= 4 is 33.5 Å². The number of rotatable bonds is 1. The highest BCUT2D eigenvalue weighted by atomic mass is 127. The number of hydrogen-bond donors (Lipinski definition) is 1. The minimum absolute atomic E-state index is 0.131. The number of halogens is 2. The third-order valence-electron chi connectivity index (χ3n) is 4.00. The standard InChI is InChI=1S/C12H12FIN2O2.C4H8O/c13-11-8(17)5-4-7-10(11)12(14)15-16(7)9-3-1-2-6-18-9;1-2-4-5-3-1/h4-5,9,17H,1-3,6H2;1-4H2. The normalized spacial score (nSPS) is 21.2. The molecular weight excluding hydrogens is 414 g/mol. The molecule has 126 valence electrons. The smallest absolute Gasteiger partial charge is 0.176 e. The maximum Gasteiger partial charge on any atom is 0.176 e. The first-order chi connectivity index (χ1) is 11.2. The molecule has 7 heteroatoms. The van der Waals surface area contributed by atoms with Gasteiger partial charge in [-0.2, -0.15) is 5.10 Å². The Morgan fingerprint density at radius 1 is 1.17 bits per heavy atom. The van der Waals surface area contributed by atoms with Gasteiger partial charge in [0.05, 0.1) is 10.9 Å². The molecule has 1 N–H and O–H groups in total. The van der Waals surface area contributed by atoms with Gasteiger partial charge in [-0.15, -0.1) is 0 Å². The van der Waals surface area contributed by atoms with Crippen molar-refractivity contribution in [2.45, 2.75) is 38.3 Å². The zero-order valence-electron chi connectivity index (χ0n) is 12.8. The van der Waals surface area contributed by atoms with Crippen LogP contribution in [-0.4, -0.2) is 34.7 Å². The fraction of sp³-hybridized carbons (Fsp3) is 0.562. The van der Waals surface area contributed by atoms with E-state index in [1.165, 1.54) is 18.9 Å². The molecule has 1 unspecified atom stereocenters. The predicted octanol–water partition coefficient (Wildman–Crippen LogP) is 3.98. The minimum Gasteiger partial charge on any atom is -0.505 e. The monoisotopic (exact) mass is 434 g/mol. The quantitative estimate of drug-likeness (QED) is 0.691. The number of ether oxygens (including phenoxy) is 2. The molecule has 2 aliphatic rings. The van der Waals surface area contributed by atoms with Crippen LogP contribution in [0.5, 0.6) is 5.75 Å². The second-order valence-electron chi connectivity index (χ2n) is 5.67. The van der Waals surface area contributed by atoms with Gasteiger partial charge in [-0.1, -0.05) is 0 Å². The van der Waals surface area contributed by atoms with Crippen molar-refractivity contribution in [1.29, 1.82) is 0 Å². The SMILES string of the molecule is C1CCOC1.Oc1ccc2c(c(I)nn2C2CCCCO2)c1F. The molecule has 0 aliphatic carbocycles. The highest BCUT2D eigenvalue weighted by molar-refractivity contribution is 14.1. The Hall–Kier alpha value is -0.930. The van der Waals surface area contributed by atoms with E-state index in [2.05, 4.69) is 5.10 Å². The molecule has 2 aromatic rings. The summed E-state index contributed by atoms with van der Waals surface area (Å²) in [4.78, 5) is 0. The molecule has 2 saturated heterocycles. The highest BCUT2D eigenvalue weighted by Gasteiger charge is 2.22. The maximum absolute atomic E-state index is 13.9. The van der Waals surface area contributed by atoms with Gasteiger partial charge in [0.25, 0.3) is 0 Å². The van der Waals surface area contributed by atoms with E-state index in [4.69, 9.17) is 9.47 Å². The molecule has 0 radical (unpaired) electrons. The summed E-state index contributed by atoms with van der Waals surface area (Å²) in [6.45, 7) is 2.71. The number of hydrogen-bond acceptors (Lipinski definition) is 4. The Labute approximate surface area is 147 Å². The lowest BCUT2D eigenvalue weighted by Crippen LogP contribution is -2.19. The largest absolute Gasteiger partial charge is 0.505 e. The Morgan fingerprint density at radius 3 is 2.52 bits per heavy atom. The third-order valence-corrected chi connectivity index (χ3v) is 4.76. The van der Waals surface area contributed by atoms with E-state index in [0.717, 1.165) is 32.5 Å². The molecular formula is C16H20FIN2O3. The van der Waals surface area contributed by atoms with Crippen LogP contribution in [0.3, 0.4) is 0 Å². The molecule has 23 heavy (non-hydrogen) atoms. The molecule has 4 rings (SSSR count). The maximum atomic E-state index is 13.9. The Kier molecular flexibility index (Phi) is 5.71. The molecule has 1 atom stereocenters. The van der Waals surface area contributed by atoms with Gasteiger partial charge in [-0.3, -0.25) is 0 Å². The van der Waals surface area contributed by atoms with E-state index in [1.807, 2.05) is 22.6 Å². The van der Waals surface area contributed by atoms with E-state index < -0.39 is 5.82 Å². The fourth-order valence-electron chi connectivity index (χ4n) is 2.79. The van der Waals surface area contributed by atoms with Crippen LogP contribution in [0.4, 0.5) is 4.39 Å². The zero-order chi connectivity index (χ0) is 16.2. The molecule has 2 fully saturated rings. The van der Waals surface area contributed by atoms with Crippen LogP contribution in [0.15, 0.2) is 12.1 Å². The van der Waals surface area contributed by atoms with Crippen molar-refractivity contribution in [3.63, 3.8) is 0 Å². The van der Waals surface area contributed by atoms with E-state index in [0.29, 0.717) is 21.2 Å². The van der Waals surface area contributed by atoms with Crippen LogP contribution < -0.4 is 0 Å². The van der Waals surface area contributed by atoms with E-state index in [9.17, 15) is 9.50 Å². The lowest BCUT2D eigenvalue weighted by atomic mass is 10.2. The number of phenols is 1. The lowest BCUT2D eigenvalue weighted by molar-refractivity contribution is -0.0368. The zero-order valence-corrected chi connectivity index (χ0v) is 15.0. The Morgan fingerprint density at radius 2 is 1.91 bits per heavy atom. The first kappa shape index (κ1) is 16.9. The van der Waals surface area contributed by atoms with E-state index in [1.54, 1.807) is 10.7 Å². The molecule has 1 aromatic heterocycles. The number of phenolic OH excluding ortho intramolecular Hbond substituents is 1. The molecule has 0 saturated carbocycles. The van der Waals surface area contributed by atoms with Crippen molar-refractivity contribution in [2.75, 3.05) is 19.8 Å². The van der Waals surface area contributed by atoms with Crippen LogP contribution >= 0.6 is 22.6 Å². The molecule has 1 aromatic carbocycles. The summed E-state index contributed by atoms with van der Waals surface area (Å²) in [6.07, 6.45) is 5.45. The highest BCUT2D eigenvalue weighted by Crippen LogP contribution is 2.32. The van der Waals surface area contributed by atoms with Gasteiger partial charge in [0.2, 0.25) is 0 Å². The van der Waals surface area contributed by atoms with E-state index in [-0.39, 0.29) is 12.0 Å². The van der Waals surface area contributed by atoms with Crippen LogP contribution in [0.2, 0.25) is 0 Å². The summed E-state index contributed by atoms with van der Waals surface area (Å²) in [7, 11) is 0. The van der Waals surface area contributed by atoms with Crippen LogP contribution in [0.25, 0.3) is 10.9 Å². The number of aromatic nitrogens is 2. The van der Waals surface area contributed by atoms with Crippen LogP contribution in [-0.2, 0) is 9.47 Å². The predicted molar refractivity (Wildman–Crippen MR) is 93.0 cm³/mol.